The van der Waals surface area contributed by atoms with E-state index >= 15 is 0 Å². The monoisotopic (exact) mass is 550 g/mol. The van der Waals surface area contributed by atoms with Crippen LogP contribution in [-0.4, -0.2) is 49.1 Å². The maximum atomic E-state index is 14.2. The zero-order valence-corrected chi connectivity index (χ0v) is 22.9. The number of aromatic nitrogens is 5. The van der Waals surface area contributed by atoms with Gasteiger partial charge in [0.05, 0.1) is 18.1 Å². The Balaban J connectivity index is 1.55. The van der Waals surface area contributed by atoms with E-state index in [2.05, 4.69) is 26.0 Å². The lowest BCUT2D eigenvalue weighted by Crippen LogP contribution is -2.29. The molecule has 7 nitrogen and oxygen atoms in total. The number of nitrogens with zero attached hydrogens (tertiary/aromatic N) is 6. The second-order valence-electron chi connectivity index (χ2n) is 10.6. The van der Waals surface area contributed by atoms with E-state index < -0.39 is 11.9 Å². The first kappa shape index (κ1) is 27.8. The third kappa shape index (κ3) is 6.01. The largest absolute Gasteiger partial charge is 0.435 e. The van der Waals surface area contributed by atoms with E-state index in [-0.39, 0.29) is 11.6 Å². The zero-order valence-electron chi connectivity index (χ0n) is 22.9. The van der Waals surface area contributed by atoms with Gasteiger partial charge in [-0.1, -0.05) is 0 Å². The van der Waals surface area contributed by atoms with Crippen molar-refractivity contribution in [3.63, 3.8) is 0 Å². The van der Waals surface area contributed by atoms with Crippen LogP contribution in [0.5, 0.6) is 0 Å². The highest BCUT2D eigenvalue weighted by atomic mass is 19.4. The smallest absolute Gasteiger partial charge is 0.333 e. The van der Waals surface area contributed by atoms with Crippen LogP contribution in [0.3, 0.4) is 0 Å². The minimum Gasteiger partial charge on any atom is -0.333 e. The van der Waals surface area contributed by atoms with Crippen molar-refractivity contribution in [2.75, 3.05) is 13.6 Å². The number of hydrogen-bond donors (Lipinski definition) is 0. The van der Waals surface area contributed by atoms with Crippen LogP contribution in [0.2, 0.25) is 0 Å². The van der Waals surface area contributed by atoms with Gasteiger partial charge >= 0.3 is 6.18 Å². The average molecular weight is 551 g/mol. The zero-order chi connectivity index (χ0) is 28.4. The fourth-order valence-corrected chi connectivity index (χ4v) is 5.44. The van der Waals surface area contributed by atoms with Gasteiger partial charge in [-0.15, -0.1) is 0 Å². The Morgan fingerprint density at radius 1 is 1.18 bits per heavy atom. The number of rotatable bonds is 11. The normalized spacial score (nSPS) is 14.6. The molecule has 0 N–H and O–H groups in total. The maximum absolute atomic E-state index is 14.2. The first-order valence-corrected chi connectivity index (χ1v) is 13.5. The molecular weight excluding hydrogens is 517 g/mol. The number of aldehydes is 1. The lowest BCUT2D eigenvalue weighted by atomic mass is 9.91. The Morgan fingerprint density at radius 2 is 1.98 bits per heavy atom. The Hall–Kier alpha value is -3.79. The summed E-state index contributed by atoms with van der Waals surface area (Å²) in [6, 6.07) is 7.70. The lowest BCUT2D eigenvalue weighted by molar-refractivity contribution is -0.141. The number of alkyl halides is 3. The number of carbonyl (C=O) groups is 1. The van der Waals surface area contributed by atoms with E-state index in [4.69, 9.17) is 0 Å². The molecule has 0 spiro atoms. The number of imidazole rings is 1. The number of carbonyl (C=O) groups excluding carboxylic acids is 1. The molecule has 210 valence electrons. The van der Waals surface area contributed by atoms with E-state index in [1.807, 2.05) is 30.8 Å². The van der Waals surface area contributed by atoms with Crippen LogP contribution in [0.4, 0.5) is 13.2 Å². The molecule has 1 fully saturated rings. The molecule has 1 saturated carbocycles. The van der Waals surface area contributed by atoms with E-state index in [0.717, 1.165) is 30.4 Å². The summed E-state index contributed by atoms with van der Waals surface area (Å²) in [5.74, 6) is 0.487. The van der Waals surface area contributed by atoms with Crippen LogP contribution in [0.25, 0.3) is 11.1 Å². The fourth-order valence-electron chi connectivity index (χ4n) is 5.44. The molecule has 0 aliphatic heterocycles. The van der Waals surface area contributed by atoms with Gasteiger partial charge in [0, 0.05) is 55.5 Å². The van der Waals surface area contributed by atoms with E-state index in [9.17, 15) is 18.0 Å². The van der Waals surface area contributed by atoms with Crippen LogP contribution < -0.4 is 0 Å². The first-order valence-electron chi connectivity index (χ1n) is 13.5. The summed E-state index contributed by atoms with van der Waals surface area (Å²) in [5, 5.41) is 3.85. The highest BCUT2D eigenvalue weighted by molar-refractivity contribution is 5.84. The van der Waals surface area contributed by atoms with Crippen molar-refractivity contribution in [1.82, 2.24) is 29.2 Å². The molecular formula is C30H33F3N6O. The predicted molar refractivity (Wildman–Crippen MR) is 146 cm³/mol. The molecule has 0 saturated heterocycles. The van der Waals surface area contributed by atoms with Gasteiger partial charge in [-0.25, -0.2) is 4.98 Å². The summed E-state index contributed by atoms with van der Waals surface area (Å²) in [7, 11) is 2.02. The minimum absolute atomic E-state index is 0.0123. The van der Waals surface area contributed by atoms with Crippen LogP contribution in [0.15, 0.2) is 55.4 Å². The van der Waals surface area contributed by atoms with Crippen molar-refractivity contribution in [3.8, 4) is 11.1 Å². The Morgan fingerprint density at radius 3 is 2.60 bits per heavy atom. The summed E-state index contributed by atoms with van der Waals surface area (Å²) in [6.45, 7) is 5.01. The summed E-state index contributed by atoms with van der Waals surface area (Å²) >= 11 is 0. The molecule has 40 heavy (non-hydrogen) atoms. The molecule has 1 atom stereocenters. The third-order valence-corrected chi connectivity index (χ3v) is 7.54. The summed E-state index contributed by atoms with van der Waals surface area (Å²) in [5.41, 5.74) is 3.25. The summed E-state index contributed by atoms with van der Waals surface area (Å²) < 4.78 is 45.6. The van der Waals surface area contributed by atoms with Crippen molar-refractivity contribution < 1.29 is 18.0 Å². The lowest BCUT2D eigenvalue weighted by Gasteiger charge is -2.28. The second-order valence-corrected chi connectivity index (χ2v) is 10.6. The van der Waals surface area contributed by atoms with Crippen LogP contribution >= 0.6 is 0 Å². The fraction of sp³-hybridized carbons (Fsp3) is 0.400. The minimum atomic E-state index is -4.64. The van der Waals surface area contributed by atoms with Crippen LogP contribution in [0, 0.1) is 12.8 Å². The van der Waals surface area contributed by atoms with E-state index in [1.165, 1.54) is 10.9 Å². The highest BCUT2D eigenvalue weighted by Gasteiger charge is 2.39. The van der Waals surface area contributed by atoms with Crippen molar-refractivity contribution in [3.05, 3.63) is 89.0 Å². The van der Waals surface area contributed by atoms with Crippen molar-refractivity contribution >= 4 is 6.29 Å². The summed E-state index contributed by atoms with van der Waals surface area (Å²) in [4.78, 5) is 23.3. The Kier molecular flexibility index (Phi) is 7.89. The average Bonchev–Trinajstić information content (AvgIpc) is 3.42. The van der Waals surface area contributed by atoms with Crippen molar-refractivity contribution in [2.45, 2.75) is 58.4 Å². The second kappa shape index (κ2) is 11.4. The van der Waals surface area contributed by atoms with Gasteiger partial charge in [-0.3, -0.25) is 19.4 Å². The van der Waals surface area contributed by atoms with E-state index in [1.54, 1.807) is 37.8 Å². The Labute approximate surface area is 231 Å². The van der Waals surface area contributed by atoms with Gasteiger partial charge in [-0.2, -0.15) is 18.3 Å². The van der Waals surface area contributed by atoms with Gasteiger partial charge < -0.3 is 4.57 Å². The molecule has 4 aromatic rings. The van der Waals surface area contributed by atoms with Gasteiger partial charge in [0.1, 0.15) is 6.29 Å². The molecule has 0 radical (unpaired) electrons. The first-order chi connectivity index (χ1) is 19.2. The Bertz CT molecular complexity index is 1470. The standard InChI is InChI=1S/C30H33F3N6O/c1-4-39-17-26(29(36-39)30(31,32)33)25-15-21(16-38-12-10-34-19-38)14-23(18-40)24(25)8-11-37(3)28(22-5-6-22)27-13-20(2)7-9-35-27/h7,9-10,12-15,17-19,22,28H,4-6,8,11,16H2,1-3H3. The predicted octanol–water partition coefficient (Wildman–Crippen LogP) is 5.98. The quantitative estimate of drug-likeness (QED) is 0.215. The van der Waals surface area contributed by atoms with E-state index in [0.29, 0.717) is 54.2 Å². The van der Waals surface area contributed by atoms with Crippen LogP contribution in [-0.2, 0) is 25.7 Å². The number of benzene rings is 1. The van der Waals surface area contributed by atoms with Gasteiger partial charge in [0.2, 0.25) is 0 Å². The molecule has 1 aliphatic carbocycles. The number of hydrogen-bond acceptors (Lipinski definition) is 5. The number of pyridine rings is 1. The van der Waals surface area contributed by atoms with Gasteiger partial charge in [0.25, 0.3) is 0 Å². The molecule has 1 aliphatic rings. The topological polar surface area (TPSA) is 68.8 Å². The van der Waals surface area contributed by atoms with Gasteiger partial charge in [0.15, 0.2) is 5.69 Å². The number of aryl methyl sites for hydroxylation is 2. The molecule has 1 unspecified atom stereocenters. The molecule has 1 aromatic carbocycles. The maximum Gasteiger partial charge on any atom is 0.435 e. The number of likely N-dealkylation sites (N-methyl/N-ethyl adjacent to an activating group) is 1. The molecule has 3 aromatic heterocycles. The third-order valence-electron chi connectivity index (χ3n) is 7.54. The molecule has 10 heteroatoms. The molecule has 0 amide bonds. The van der Waals surface area contributed by atoms with Crippen molar-refractivity contribution in [1.29, 1.82) is 0 Å². The molecule has 5 rings (SSSR count). The van der Waals surface area contributed by atoms with Crippen LogP contribution in [0.1, 0.15) is 64.2 Å². The summed E-state index contributed by atoms with van der Waals surface area (Å²) in [6.07, 6.45) is 7.03. The SMILES string of the molecule is CCn1cc(-c2cc(Cn3ccnc3)cc(C=O)c2CCN(C)C(c2cc(C)ccn2)C2CC2)c(C(F)(F)F)n1. The number of halogens is 3. The molecule has 3 heterocycles. The van der Waals surface area contributed by atoms with Gasteiger partial charge in [-0.05, 0) is 92.6 Å². The highest BCUT2D eigenvalue weighted by Crippen LogP contribution is 2.44. The molecule has 0 bridgehead atoms. The van der Waals surface area contributed by atoms with Crippen molar-refractivity contribution in [2.24, 2.45) is 5.92 Å².